The van der Waals surface area contributed by atoms with Gasteiger partial charge in [0.1, 0.15) is 5.75 Å². The molecule has 5 heteroatoms. The Labute approximate surface area is 118 Å². The van der Waals surface area contributed by atoms with Crippen LogP contribution < -0.4 is 10.1 Å². The monoisotopic (exact) mass is 276 g/mol. The van der Waals surface area contributed by atoms with Crippen molar-refractivity contribution in [2.75, 3.05) is 20.2 Å². The van der Waals surface area contributed by atoms with Gasteiger partial charge in [-0.25, -0.2) is 0 Å². The van der Waals surface area contributed by atoms with E-state index >= 15 is 0 Å². The van der Waals surface area contributed by atoms with E-state index in [9.17, 15) is 9.59 Å². The summed E-state index contributed by atoms with van der Waals surface area (Å²) in [6, 6.07) is 7.32. The third kappa shape index (κ3) is 3.50. The van der Waals surface area contributed by atoms with E-state index in [2.05, 4.69) is 5.32 Å². The molecule has 1 aliphatic heterocycles. The van der Waals surface area contributed by atoms with Gasteiger partial charge in [0.05, 0.1) is 7.11 Å². The number of amides is 2. The van der Waals surface area contributed by atoms with E-state index in [-0.39, 0.29) is 17.9 Å². The highest BCUT2D eigenvalue weighted by Gasteiger charge is 2.23. The zero-order chi connectivity index (χ0) is 14.5. The number of hydrogen-bond donors (Lipinski definition) is 1. The van der Waals surface area contributed by atoms with Crippen LogP contribution in [0.25, 0.3) is 0 Å². The molecule has 0 bridgehead atoms. The molecule has 0 atom stereocenters. The van der Waals surface area contributed by atoms with Crippen molar-refractivity contribution >= 4 is 11.8 Å². The van der Waals surface area contributed by atoms with Crippen molar-refractivity contribution in [2.24, 2.45) is 0 Å². The van der Waals surface area contributed by atoms with Crippen LogP contribution in [0.1, 0.15) is 30.1 Å². The molecule has 1 aromatic carbocycles. The number of hydrogen-bond acceptors (Lipinski definition) is 3. The summed E-state index contributed by atoms with van der Waals surface area (Å²) in [5.41, 5.74) is 0.670. The molecule has 0 saturated carbocycles. The van der Waals surface area contributed by atoms with Crippen molar-refractivity contribution in [3.05, 3.63) is 29.8 Å². The average molecular weight is 276 g/mol. The highest BCUT2D eigenvalue weighted by atomic mass is 16.5. The molecule has 0 unspecified atom stereocenters. The molecule has 2 rings (SSSR count). The molecule has 0 aliphatic carbocycles. The topological polar surface area (TPSA) is 58.6 Å². The molecule has 1 heterocycles. The lowest BCUT2D eigenvalue weighted by Gasteiger charge is -2.32. The van der Waals surface area contributed by atoms with Crippen LogP contribution in [-0.4, -0.2) is 43.0 Å². The number of likely N-dealkylation sites (tertiary alicyclic amines) is 1. The number of rotatable bonds is 3. The fourth-order valence-corrected chi connectivity index (χ4v) is 2.43. The number of nitrogens with one attached hydrogen (secondary N) is 1. The standard InChI is InChI=1S/C15H20N2O3/c1-11(18)16-13-7-9-17(10-8-13)15(19)12-3-5-14(20-2)6-4-12/h3-6,13H,7-10H2,1-2H3,(H,16,18). The smallest absolute Gasteiger partial charge is 0.253 e. The maximum Gasteiger partial charge on any atom is 0.253 e. The molecule has 108 valence electrons. The van der Waals surface area contributed by atoms with E-state index in [1.165, 1.54) is 6.92 Å². The molecule has 0 aromatic heterocycles. The minimum absolute atomic E-state index is 0.00932. The van der Waals surface area contributed by atoms with Gasteiger partial charge >= 0.3 is 0 Å². The van der Waals surface area contributed by atoms with E-state index in [0.717, 1.165) is 18.6 Å². The lowest BCUT2D eigenvalue weighted by atomic mass is 10.0. The van der Waals surface area contributed by atoms with E-state index < -0.39 is 0 Å². The van der Waals surface area contributed by atoms with Crippen molar-refractivity contribution in [1.29, 1.82) is 0 Å². The van der Waals surface area contributed by atoms with Crippen molar-refractivity contribution in [3.8, 4) is 5.75 Å². The molecule has 2 amide bonds. The number of benzene rings is 1. The first-order valence-corrected chi connectivity index (χ1v) is 6.80. The Morgan fingerprint density at radius 1 is 1.20 bits per heavy atom. The van der Waals surface area contributed by atoms with Gasteiger partial charge in [-0.05, 0) is 37.1 Å². The van der Waals surface area contributed by atoms with Gasteiger partial charge in [-0.2, -0.15) is 0 Å². The Hall–Kier alpha value is -2.04. The van der Waals surface area contributed by atoms with E-state index in [0.29, 0.717) is 18.7 Å². The highest BCUT2D eigenvalue weighted by Crippen LogP contribution is 2.16. The molecule has 0 spiro atoms. The Bertz CT molecular complexity index is 476. The van der Waals surface area contributed by atoms with Crippen LogP contribution in [0.3, 0.4) is 0 Å². The second-order valence-corrected chi connectivity index (χ2v) is 5.00. The van der Waals surface area contributed by atoms with E-state index in [1.54, 1.807) is 31.4 Å². The Morgan fingerprint density at radius 3 is 2.30 bits per heavy atom. The van der Waals surface area contributed by atoms with Crippen LogP contribution in [0.4, 0.5) is 0 Å². The van der Waals surface area contributed by atoms with E-state index in [1.807, 2.05) is 4.90 Å². The van der Waals surface area contributed by atoms with Crippen LogP contribution in [0, 0.1) is 0 Å². The summed E-state index contributed by atoms with van der Waals surface area (Å²) in [7, 11) is 1.60. The summed E-state index contributed by atoms with van der Waals surface area (Å²) in [5.74, 6) is 0.768. The Balaban J connectivity index is 1.92. The second-order valence-electron chi connectivity index (χ2n) is 5.00. The van der Waals surface area contributed by atoms with Crippen molar-refractivity contribution in [3.63, 3.8) is 0 Å². The van der Waals surface area contributed by atoms with Crippen LogP contribution in [0.15, 0.2) is 24.3 Å². The number of nitrogens with zero attached hydrogens (tertiary/aromatic N) is 1. The maximum absolute atomic E-state index is 12.3. The first-order chi connectivity index (χ1) is 9.60. The normalized spacial score (nSPS) is 15.8. The van der Waals surface area contributed by atoms with Crippen LogP contribution in [-0.2, 0) is 4.79 Å². The van der Waals surface area contributed by atoms with Crippen LogP contribution >= 0.6 is 0 Å². The summed E-state index contributed by atoms with van der Waals surface area (Å²) < 4.78 is 5.08. The number of carbonyl (C=O) groups excluding carboxylic acids is 2. The van der Waals surface area contributed by atoms with Gasteiger partial charge in [-0.3, -0.25) is 9.59 Å². The molecule has 0 radical (unpaired) electrons. The average Bonchev–Trinajstić information content (AvgIpc) is 2.47. The van der Waals surface area contributed by atoms with Gasteiger partial charge in [-0.1, -0.05) is 0 Å². The Kier molecular flexibility index (Phi) is 4.61. The molecule has 1 saturated heterocycles. The lowest BCUT2D eigenvalue weighted by Crippen LogP contribution is -2.46. The SMILES string of the molecule is COc1ccc(C(=O)N2CCC(NC(C)=O)CC2)cc1. The van der Waals surface area contributed by atoms with Crippen molar-refractivity contribution < 1.29 is 14.3 Å². The maximum atomic E-state index is 12.3. The molecule has 5 nitrogen and oxygen atoms in total. The predicted molar refractivity (Wildman–Crippen MR) is 75.7 cm³/mol. The fraction of sp³-hybridized carbons (Fsp3) is 0.467. The largest absolute Gasteiger partial charge is 0.497 e. The molecule has 1 aromatic rings. The zero-order valence-electron chi connectivity index (χ0n) is 11.9. The minimum atomic E-state index is -0.00932. The van der Waals surface area contributed by atoms with Crippen molar-refractivity contribution in [2.45, 2.75) is 25.8 Å². The third-order valence-corrected chi connectivity index (χ3v) is 3.53. The number of methoxy groups -OCH3 is 1. The van der Waals surface area contributed by atoms with Gasteiger partial charge in [0.15, 0.2) is 0 Å². The fourth-order valence-electron chi connectivity index (χ4n) is 2.43. The summed E-state index contributed by atoms with van der Waals surface area (Å²) in [6.45, 7) is 2.88. The predicted octanol–water partition coefficient (Wildman–Crippen LogP) is 1.44. The first kappa shape index (κ1) is 14.4. The van der Waals surface area contributed by atoms with Gasteiger partial charge in [0.2, 0.25) is 5.91 Å². The van der Waals surface area contributed by atoms with Gasteiger partial charge in [-0.15, -0.1) is 0 Å². The molecule has 20 heavy (non-hydrogen) atoms. The first-order valence-electron chi connectivity index (χ1n) is 6.80. The number of ether oxygens (including phenoxy) is 1. The molecular weight excluding hydrogens is 256 g/mol. The third-order valence-electron chi connectivity index (χ3n) is 3.53. The molecule has 1 fully saturated rings. The Morgan fingerprint density at radius 2 is 1.80 bits per heavy atom. The zero-order valence-corrected chi connectivity index (χ0v) is 11.9. The van der Waals surface area contributed by atoms with E-state index in [4.69, 9.17) is 4.74 Å². The van der Waals surface area contributed by atoms with Crippen molar-refractivity contribution in [1.82, 2.24) is 10.2 Å². The summed E-state index contributed by atoms with van der Waals surface area (Å²) in [4.78, 5) is 25.2. The summed E-state index contributed by atoms with van der Waals surface area (Å²) in [6.07, 6.45) is 1.61. The lowest BCUT2D eigenvalue weighted by molar-refractivity contribution is -0.119. The molecule has 1 N–H and O–H groups in total. The second kappa shape index (κ2) is 6.41. The van der Waals surface area contributed by atoms with Gasteiger partial charge < -0.3 is 15.0 Å². The molecule has 1 aliphatic rings. The quantitative estimate of drug-likeness (QED) is 0.908. The number of piperidine rings is 1. The van der Waals surface area contributed by atoms with Gasteiger partial charge in [0, 0.05) is 31.6 Å². The summed E-state index contributed by atoms with van der Waals surface area (Å²) >= 11 is 0. The van der Waals surface area contributed by atoms with Crippen LogP contribution in [0.5, 0.6) is 5.75 Å². The van der Waals surface area contributed by atoms with Gasteiger partial charge in [0.25, 0.3) is 5.91 Å². The minimum Gasteiger partial charge on any atom is -0.497 e. The summed E-state index contributed by atoms with van der Waals surface area (Å²) in [5, 5.41) is 2.90. The molecular formula is C15H20N2O3. The number of carbonyl (C=O) groups is 2. The highest BCUT2D eigenvalue weighted by molar-refractivity contribution is 5.94. The van der Waals surface area contributed by atoms with Crippen LogP contribution in [0.2, 0.25) is 0 Å².